The Kier molecular flexibility index (Phi) is 2.75. The smallest absolute Gasteiger partial charge is 0.215 e. The van der Waals surface area contributed by atoms with Gasteiger partial charge in [-0.1, -0.05) is 13.8 Å². The summed E-state index contributed by atoms with van der Waals surface area (Å²) in [5, 5.41) is 3.00. The Labute approximate surface area is 130 Å². The van der Waals surface area contributed by atoms with E-state index in [0.29, 0.717) is 18.2 Å². The van der Waals surface area contributed by atoms with E-state index in [1.165, 1.54) is 6.42 Å². The van der Waals surface area contributed by atoms with Crippen molar-refractivity contribution >= 4 is 21.4 Å². The molecule has 3 atom stereocenters. The van der Waals surface area contributed by atoms with Crippen LogP contribution in [-0.2, 0) is 16.6 Å². The summed E-state index contributed by atoms with van der Waals surface area (Å²) in [6, 6.07) is 0.193. The highest BCUT2D eigenvalue weighted by atomic mass is 32.2. The van der Waals surface area contributed by atoms with E-state index in [1.807, 2.05) is 12.3 Å². The highest BCUT2D eigenvalue weighted by Gasteiger charge is 2.71. The summed E-state index contributed by atoms with van der Waals surface area (Å²) in [4.78, 5) is 4.46. The second-order valence-corrected chi connectivity index (χ2v) is 10.5. The minimum Gasteiger partial charge on any atom is -0.245 e. The Bertz CT molecular complexity index is 694. The third-order valence-corrected chi connectivity index (χ3v) is 9.32. The van der Waals surface area contributed by atoms with Crippen LogP contribution in [-0.4, -0.2) is 29.5 Å². The van der Waals surface area contributed by atoms with Crippen molar-refractivity contribution in [2.75, 3.05) is 5.75 Å². The largest absolute Gasteiger partial charge is 0.245 e. The lowest BCUT2D eigenvalue weighted by molar-refractivity contribution is 0.112. The third kappa shape index (κ3) is 1.70. The van der Waals surface area contributed by atoms with E-state index in [-0.39, 0.29) is 16.9 Å². The van der Waals surface area contributed by atoms with E-state index in [1.54, 1.807) is 15.6 Å². The van der Waals surface area contributed by atoms with Gasteiger partial charge in [-0.05, 0) is 37.5 Å². The van der Waals surface area contributed by atoms with Crippen LogP contribution in [0.15, 0.2) is 5.38 Å². The van der Waals surface area contributed by atoms with Crippen LogP contribution in [0.5, 0.6) is 0 Å². The molecule has 0 unspecified atom stereocenters. The molecule has 21 heavy (non-hydrogen) atoms. The molecule has 1 aromatic rings. The maximum atomic E-state index is 12.8. The van der Waals surface area contributed by atoms with Crippen molar-refractivity contribution in [1.82, 2.24) is 9.29 Å². The van der Waals surface area contributed by atoms with Gasteiger partial charge in [-0.3, -0.25) is 0 Å². The van der Waals surface area contributed by atoms with Crippen molar-refractivity contribution in [3.05, 3.63) is 16.1 Å². The monoisotopic (exact) mass is 326 g/mol. The number of rotatable bonds is 2. The molecule has 3 aliphatic rings. The maximum absolute atomic E-state index is 12.8. The molecular formula is C15H22N2O2S2. The van der Waals surface area contributed by atoms with E-state index in [0.717, 1.165) is 23.5 Å². The van der Waals surface area contributed by atoms with Crippen LogP contribution in [0.1, 0.15) is 43.8 Å². The zero-order valence-electron chi connectivity index (χ0n) is 12.8. The van der Waals surface area contributed by atoms with Gasteiger partial charge in [0.1, 0.15) is 0 Å². The van der Waals surface area contributed by atoms with Crippen LogP contribution in [0, 0.1) is 23.7 Å². The standard InChI is InChI=1S/C15H22N2O2S2/c1-10-16-12(8-20-10)7-17-13-6-11-4-5-15(13,14(11,2)3)9-21(17,18)19/h8,11,13H,4-7,9H2,1-3H3/t11-,13+,15+/m1/s1. The molecule has 0 amide bonds. The summed E-state index contributed by atoms with van der Waals surface area (Å²) in [6.07, 6.45) is 3.30. The summed E-state index contributed by atoms with van der Waals surface area (Å²) in [7, 11) is -3.15. The molecule has 116 valence electrons. The van der Waals surface area contributed by atoms with Crippen LogP contribution in [0.4, 0.5) is 0 Å². The van der Waals surface area contributed by atoms with Crippen molar-refractivity contribution in [3.8, 4) is 0 Å². The number of sulfonamides is 1. The third-order valence-electron chi connectivity index (χ3n) is 6.52. The zero-order chi connectivity index (χ0) is 15.0. The highest BCUT2D eigenvalue weighted by molar-refractivity contribution is 7.89. The molecule has 2 saturated carbocycles. The number of aryl methyl sites for hydroxylation is 1. The molecule has 2 bridgehead atoms. The summed E-state index contributed by atoms with van der Waals surface area (Å²) in [5.74, 6) is 1.02. The fourth-order valence-corrected chi connectivity index (χ4v) is 8.36. The number of hydrogen-bond donors (Lipinski definition) is 0. The molecule has 0 aromatic carbocycles. The Morgan fingerprint density at radius 1 is 1.48 bits per heavy atom. The molecule has 6 heteroatoms. The van der Waals surface area contributed by atoms with Crippen molar-refractivity contribution in [2.24, 2.45) is 16.7 Å². The summed E-state index contributed by atoms with van der Waals surface area (Å²) < 4.78 is 27.3. The molecule has 2 heterocycles. The van der Waals surface area contributed by atoms with E-state index in [9.17, 15) is 8.42 Å². The number of aromatic nitrogens is 1. The fraction of sp³-hybridized carbons (Fsp3) is 0.800. The molecular weight excluding hydrogens is 304 g/mol. The van der Waals surface area contributed by atoms with Crippen molar-refractivity contribution in [1.29, 1.82) is 0 Å². The van der Waals surface area contributed by atoms with E-state index in [4.69, 9.17) is 0 Å². The Balaban J connectivity index is 1.72. The van der Waals surface area contributed by atoms with Crippen LogP contribution >= 0.6 is 11.3 Å². The SMILES string of the molecule is Cc1nc(CN2[C@H]3C[C@H]4CC[C@@]3(CS2(=O)=O)C4(C)C)cs1. The maximum Gasteiger partial charge on any atom is 0.215 e. The van der Waals surface area contributed by atoms with E-state index in [2.05, 4.69) is 18.8 Å². The molecule has 4 nitrogen and oxygen atoms in total. The number of nitrogens with zero attached hydrogens (tertiary/aromatic N) is 2. The van der Waals surface area contributed by atoms with Gasteiger partial charge in [0.15, 0.2) is 0 Å². The molecule has 3 fully saturated rings. The van der Waals surface area contributed by atoms with Crippen molar-refractivity contribution < 1.29 is 8.42 Å². The topological polar surface area (TPSA) is 50.3 Å². The van der Waals surface area contributed by atoms with Gasteiger partial charge in [0, 0.05) is 16.8 Å². The first kappa shape index (κ1) is 14.2. The van der Waals surface area contributed by atoms with Crippen LogP contribution in [0.3, 0.4) is 0 Å². The van der Waals surface area contributed by atoms with Gasteiger partial charge in [-0.15, -0.1) is 11.3 Å². The number of fused-ring (bicyclic) bond motifs is 1. The minimum absolute atomic E-state index is 0.0262. The van der Waals surface area contributed by atoms with Crippen molar-refractivity contribution in [2.45, 2.75) is 52.6 Å². The number of thiazole rings is 1. The van der Waals surface area contributed by atoms with Gasteiger partial charge >= 0.3 is 0 Å². The Hall–Kier alpha value is -0.460. The molecule has 0 N–H and O–H groups in total. The molecule has 4 rings (SSSR count). The molecule has 1 saturated heterocycles. The first-order valence-electron chi connectivity index (χ1n) is 7.67. The highest BCUT2D eigenvalue weighted by Crippen LogP contribution is 2.70. The molecule has 1 spiro atoms. The van der Waals surface area contributed by atoms with Gasteiger partial charge in [0.2, 0.25) is 10.0 Å². The predicted octanol–water partition coefficient (Wildman–Crippen LogP) is 2.79. The molecule has 1 aliphatic heterocycles. The molecule has 1 aromatic heterocycles. The Morgan fingerprint density at radius 3 is 2.86 bits per heavy atom. The van der Waals surface area contributed by atoms with Crippen molar-refractivity contribution in [3.63, 3.8) is 0 Å². The van der Waals surface area contributed by atoms with Gasteiger partial charge in [-0.2, -0.15) is 4.31 Å². The second kappa shape index (κ2) is 4.09. The minimum atomic E-state index is -3.15. The predicted molar refractivity (Wildman–Crippen MR) is 83.5 cm³/mol. The Morgan fingerprint density at radius 2 is 2.24 bits per heavy atom. The average Bonchev–Trinajstić information content (AvgIpc) is 3.01. The van der Waals surface area contributed by atoms with Gasteiger partial charge in [0.05, 0.1) is 23.0 Å². The quantitative estimate of drug-likeness (QED) is 0.840. The summed E-state index contributed by atoms with van der Waals surface area (Å²) >= 11 is 1.59. The lowest BCUT2D eigenvalue weighted by atomic mass is 9.69. The second-order valence-electron chi connectivity index (χ2n) is 7.52. The molecule has 2 aliphatic carbocycles. The van der Waals surface area contributed by atoms with Gasteiger partial charge in [-0.25, -0.2) is 13.4 Å². The fourth-order valence-electron chi connectivity index (χ4n) is 5.22. The van der Waals surface area contributed by atoms with Crippen LogP contribution < -0.4 is 0 Å². The number of hydrogen-bond acceptors (Lipinski definition) is 4. The van der Waals surface area contributed by atoms with E-state index >= 15 is 0 Å². The van der Waals surface area contributed by atoms with Crippen LogP contribution in [0.2, 0.25) is 0 Å². The first-order chi connectivity index (χ1) is 9.76. The average molecular weight is 326 g/mol. The van der Waals surface area contributed by atoms with E-state index < -0.39 is 10.0 Å². The summed E-state index contributed by atoms with van der Waals surface area (Å²) in [6.45, 7) is 7.00. The van der Waals surface area contributed by atoms with Gasteiger partial charge in [0.25, 0.3) is 0 Å². The summed E-state index contributed by atoms with van der Waals surface area (Å²) in [5.41, 5.74) is 1.03. The zero-order valence-corrected chi connectivity index (χ0v) is 14.4. The van der Waals surface area contributed by atoms with Crippen LogP contribution in [0.25, 0.3) is 0 Å². The lowest BCUT2D eigenvalue weighted by Crippen LogP contribution is -2.41. The lowest BCUT2D eigenvalue weighted by Gasteiger charge is -2.37. The molecule has 0 radical (unpaired) electrons. The normalized spacial score (nSPS) is 39.8. The first-order valence-corrected chi connectivity index (χ1v) is 10.2. The van der Waals surface area contributed by atoms with Gasteiger partial charge < -0.3 is 0 Å².